The molecule has 1 aromatic carbocycles. The molecular weight excluding hydrogens is 335 g/mol. The van der Waals surface area contributed by atoms with Crippen molar-refractivity contribution in [2.75, 3.05) is 11.5 Å². The number of carbonyl (C=O) groups excluding carboxylic acids is 1. The Morgan fingerprint density at radius 2 is 2.21 bits per heavy atom. The van der Waals surface area contributed by atoms with Crippen LogP contribution >= 0.6 is 0 Å². The number of aromatic hydroxyl groups is 1. The highest BCUT2D eigenvalue weighted by Gasteiger charge is 2.32. The first-order valence-corrected chi connectivity index (χ1v) is 9.66. The number of rotatable bonds is 3. The zero-order valence-corrected chi connectivity index (χ0v) is 14.1. The number of nitrogens with one attached hydrogen (secondary N) is 1. The van der Waals surface area contributed by atoms with Crippen LogP contribution in [0, 0.1) is 11.7 Å². The molecule has 6 nitrogen and oxygen atoms in total. The Kier molecular flexibility index (Phi) is 4.33. The van der Waals surface area contributed by atoms with Gasteiger partial charge in [0.1, 0.15) is 11.6 Å². The number of nitrogens with zero attached hydrogens (tertiary/aromatic N) is 1. The first-order valence-electron chi connectivity index (χ1n) is 7.84. The minimum Gasteiger partial charge on any atom is -0.507 e. The molecule has 0 spiro atoms. The molecule has 1 fully saturated rings. The van der Waals surface area contributed by atoms with E-state index in [1.807, 2.05) is 6.92 Å². The summed E-state index contributed by atoms with van der Waals surface area (Å²) in [7, 11) is -3.02. The third-order valence-electron chi connectivity index (χ3n) is 4.57. The van der Waals surface area contributed by atoms with Crippen LogP contribution in [0.1, 0.15) is 43.2 Å². The van der Waals surface area contributed by atoms with Gasteiger partial charge >= 0.3 is 0 Å². The maximum absolute atomic E-state index is 13.9. The third-order valence-corrected chi connectivity index (χ3v) is 6.40. The minimum absolute atomic E-state index is 0.0306. The molecule has 0 radical (unpaired) electrons. The Balaban J connectivity index is 1.71. The average Bonchev–Trinajstić information content (AvgIpc) is 3.01. The zero-order chi connectivity index (χ0) is 17.5. The predicted octanol–water partition coefficient (Wildman–Crippen LogP) is 1.68. The fourth-order valence-electron chi connectivity index (χ4n) is 3.43. The van der Waals surface area contributed by atoms with Gasteiger partial charge in [-0.1, -0.05) is 6.92 Å². The molecule has 1 amide bonds. The van der Waals surface area contributed by atoms with Crippen molar-refractivity contribution in [3.8, 4) is 5.75 Å². The summed E-state index contributed by atoms with van der Waals surface area (Å²) < 4.78 is 36.7. The van der Waals surface area contributed by atoms with Gasteiger partial charge in [-0.05, 0) is 36.8 Å². The smallest absolute Gasteiger partial charge is 0.240 e. The molecule has 1 aromatic rings. The molecule has 1 aliphatic heterocycles. The number of phenolic OH excluding ortho intramolecular Hbond substituents is 1. The fourth-order valence-corrected chi connectivity index (χ4v) is 5.30. The SMILES string of the molecule is C[C@H]1C/C(=N\NC(=O)C[C@H]2CCS(=O)(=O)C2)c2c(O)ccc(F)c21. The second-order valence-electron chi connectivity index (χ2n) is 6.53. The average molecular weight is 354 g/mol. The summed E-state index contributed by atoms with van der Waals surface area (Å²) in [6.45, 7) is 1.83. The Morgan fingerprint density at radius 1 is 1.46 bits per heavy atom. The molecule has 0 saturated carbocycles. The lowest BCUT2D eigenvalue weighted by molar-refractivity contribution is -0.121. The van der Waals surface area contributed by atoms with E-state index in [0.717, 1.165) is 0 Å². The molecule has 8 heteroatoms. The normalized spacial score (nSPS) is 26.5. The van der Waals surface area contributed by atoms with E-state index >= 15 is 0 Å². The van der Waals surface area contributed by atoms with E-state index in [0.29, 0.717) is 29.7 Å². The lowest BCUT2D eigenvalue weighted by atomic mass is 10.0. The number of carbonyl (C=O) groups is 1. The molecule has 130 valence electrons. The minimum atomic E-state index is -3.02. The van der Waals surface area contributed by atoms with Gasteiger partial charge in [-0.3, -0.25) is 4.79 Å². The van der Waals surface area contributed by atoms with Crippen LogP contribution in [0.2, 0.25) is 0 Å². The summed E-state index contributed by atoms with van der Waals surface area (Å²) in [6, 6.07) is 2.49. The van der Waals surface area contributed by atoms with Crippen molar-refractivity contribution in [2.45, 2.75) is 32.1 Å². The number of amides is 1. The van der Waals surface area contributed by atoms with E-state index in [-0.39, 0.29) is 41.4 Å². The second kappa shape index (κ2) is 6.16. The molecule has 2 aliphatic rings. The fraction of sp³-hybridized carbons (Fsp3) is 0.500. The lowest BCUT2D eigenvalue weighted by Crippen LogP contribution is -2.23. The van der Waals surface area contributed by atoms with Crippen molar-refractivity contribution >= 4 is 21.5 Å². The summed E-state index contributed by atoms with van der Waals surface area (Å²) in [4.78, 5) is 12.0. The monoisotopic (exact) mass is 354 g/mol. The van der Waals surface area contributed by atoms with Crippen molar-refractivity contribution in [1.29, 1.82) is 0 Å². The molecule has 1 heterocycles. The Morgan fingerprint density at radius 3 is 2.88 bits per heavy atom. The largest absolute Gasteiger partial charge is 0.507 e. The zero-order valence-electron chi connectivity index (χ0n) is 13.3. The number of hydrazone groups is 1. The van der Waals surface area contributed by atoms with Crippen molar-refractivity contribution in [1.82, 2.24) is 5.43 Å². The Labute approximate surface area is 139 Å². The van der Waals surface area contributed by atoms with Crippen molar-refractivity contribution < 1.29 is 22.7 Å². The molecule has 1 aliphatic carbocycles. The van der Waals surface area contributed by atoms with E-state index < -0.39 is 15.7 Å². The van der Waals surface area contributed by atoms with Crippen LogP contribution in [0.4, 0.5) is 4.39 Å². The van der Waals surface area contributed by atoms with Gasteiger partial charge in [0.15, 0.2) is 9.84 Å². The van der Waals surface area contributed by atoms with Gasteiger partial charge in [-0.2, -0.15) is 5.10 Å². The van der Waals surface area contributed by atoms with E-state index in [2.05, 4.69) is 10.5 Å². The second-order valence-corrected chi connectivity index (χ2v) is 8.76. The highest BCUT2D eigenvalue weighted by atomic mass is 32.2. The van der Waals surface area contributed by atoms with Gasteiger partial charge in [0, 0.05) is 17.5 Å². The van der Waals surface area contributed by atoms with Crippen LogP contribution in [-0.4, -0.2) is 36.6 Å². The van der Waals surface area contributed by atoms with Crippen LogP contribution in [0.3, 0.4) is 0 Å². The van der Waals surface area contributed by atoms with E-state index in [9.17, 15) is 22.7 Å². The van der Waals surface area contributed by atoms with E-state index in [4.69, 9.17) is 0 Å². The van der Waals surface area contributed by atoms with E-state index in [1.165, 1.54) is 12.1 Å². The standard InChI is InChI=1S/C16H19FN2O4S/c1-9-6-12(16-13(20)3-2-11(17)15(9)16)18-19-14(21)7-10-4-5-24(22,23)8-10/h2-3,9-10,20H,4-8H2,1H3,(H,19,21)/b18-12+/t9-,10+/m0/s1. The molecule has 2 N–H and O–H groups in total. The summed E-state index contributed by atoms with van der Waals surface area (Å²) >= 11 is 0. The summed E-state index contributed by atoms with van der Waals surface area (Å²) in [5, 5.41) is 14.0. The third kappa shape index (κ3) is 3.28. The first kappa shape index (κ1) is 16.9. The molecule has 24 heavy (non-hydrogen) atoms. The number of hydrogen-bond donors (Lipinski definition) is 2. The quantitative estimate of drug-likeness (QED) is 0.807. The van der Waals surface area contributed by atoms with Crippen LogP contribution < -0.4 is 5.43 Å². The number of hydrogen-bond acceptors (Lipinski definition) is 5. The predicted molar refractivity (Wildman–Crippen MR) is 87.2 cm³/mol. The van der Waals surface area contributed by atoms with Crippen LogP contribution in [0.25, 0.3) is 0 Å². The van der Waals surface area contributed by atoms with Gasteiger partial charge in [0.05, 0.1) is 17.2 Å². The number of phenols is 1. The number of sulfone groups is 1. The van der Waals surface area contributed by atoms with Gasteiger partial charge in [-0.25, -0.2) is 18.2 Å². The van der Waals surface area contributed by atoms with Crippen LogP contribution in [0.15, 0.2) is 17.2 Å². The maximum Gasteiger partial charge on any atom is 0.240 e. The number of fused-ring (bicyclic) bond motifs is 1. The van der Waals surface area contributed by atoms with Crippen molar-refractivity contribution in [3.05, 3.63) is 29.1 Å². The van der Waals surface area contributed by atoms with Crippen molar-refractivity contribution in [2.24, 2.45) is 11.0 Å². The van der Waals surface area contributed by atoms with Gasteiger partial charge in [0.2, 0.25) is 5.91 Å². The number of benzene rings is 1. The molecule has 0 unspecified atom stereocenters. The molecule has 3 rings (SSSR count). The molecule has 1 saturated heterocycles. The Bertz CT molecular complexity index is 820. The Hall–Kier alpha value is -1.96. The topological polar surface area (TPSA) is 95.8 Å². The maximum atomic E-state index is 13.9. The number of halogens is 1. The summed E-state index contributed by atoms with van der Waals surface area (Å²) in [6.07, 6.45) is 0.994. The lowest BCUT2D eigenvalue weighted by Gasteiger charge is -2.07. The van der Waals surface area contributed by atoms with Gasteiger partial charge in [-0.15, -0.1) is 0 Å². The van der Waals surface area contributed by atoms with Crippen molar-refractivity contribution in [3.63, 3.8) is 0 Å². The summed E-state index contributed by atoms with van der Waals surface area (Å²) in [5.41, 5.74) is 3.59. The highest BCUT2D eigenvalue weighted by molar-refractivity contribution is 7.91. The van der Waals surface area contributed by atoms with Gasteiger partial charge < -0.3 is 5.11 Å². The van der Waals surface area contributed by atoms with Crippen LogP contribution in [-0.2, 0) is 14.6 Å². The van der Waals surface area contributed by atoms with Crippen LogP contribution in [0.5, 0.6) is 5.75 Å². The van der Waals surface area contributed by atoms with Gasteiger partial charge in [0.25, 0.3) is 0 Å². The first-order chi connectivity index (χ1) is 11.3. The highest BCUT2D eigenvalue weighted by Crippen LogP contribution is 2.39. The van der Waals surface area contributed by atoms with E-state index in [1.54, 1.807) is 0 Å². The molecule has 0 aromatic heterocycles. The summed E-state index contributed by atoms with van der Waals surface area (Å²) in [5.74, 6) is -1.01. The molecular formula is C16H19FN2O4S. The molecule has 2 atom stereocenters. The molecule has 0 bridgehead atoms.